The number of alkyl halides is 3. The van der Waals surface area contributed by atoms with E-state index in [-0.39, 0.29) is 13.1 Å². The molecule has 0 atom stereocenters. The van der Waals surface area contributed by atoms with Crippen LogP contribution in [0.3, 0.4) is 0 Å². The van der Waals surface area contributed by atoms with Crippen LogP contribution in [0.2, 0.25) is 0 Å². The number of unbranched alkanes of at least 4 members (excludes halogenated alkanes) is 2. The number of rotatable bonds is 5. The second kappa shape index (κ2) is 7.69. The summed E-state index contributed by atoms with van der Waals surface area (Å²) in [5, 5.41) is 0. The van der Waals surface area contributed by atoms with Crippen molar-refractivity contribution in [2.75, 3.05) is 39.3 Å². The second-order valence-electron chi connectivity index (χ2n) is 4.83. The maximum atomic E-state index is 12.3. The molecular formula is C12H22F3N3O. The van der Waals surface area contributed by atoms with E-state index in [9.17, 15) is 18.0 Å². The average Bonchev–Trinajstić information content (AvgIpc) is 2.58. The van der Waals surface area contributed by atoms with E-state index in [4.69, 9.17) is 5.73 Å². The summed E-state index contributed by atoms with van der Waals surface area (Å²) in [4.78, 5) is 14.2. The van der Waals surface area contributed by atoms with Crippen molar-refractivity contribution in [2.45, 2.75) is 31.9 Å². The number of hydrogen-bond donors (Lipinski definition) is 1. The standard InChI is InChI=1S/C12H22F3N3O/c13-12(14,15)11(19)18-8-4-7-17(9-10-18)6-3-1-2-5-16/h1-10,16H2. The molecule has 0 unspecified atom stereocenters. The van der Waals surface area contributed by atoms with Crippen LogP contribution >= 0.6 is 0 Å². The van der Waals surface area contributed by atoms with Crippen LogP contribution in [-0.2, 0) is 4.79 Å². The molecule has 0 spiro atoms. The molecule has 19 heavy (non-hydrogen) atoms. The van der Waals surface area contributed by atoms with Gasteiger partial charge in [-0.1, -0.05) is 6.42 Å². The summed E-state index contributed by atoms with van der Waals surface area (Å²) in [7, 11) is 0. The Labute approximate surface area is 111 Å². The molecular weight excluding hydrogens is 259 g/mol. The van der Waals surface area contributed by atoms with Crippen LogP contribution in [0, 0.1) is 0 Å². The van der Waals surface area contributed by atoms with Crippen LogP contribution < -0.4 is 5.73 Å². The number of nitrogens with two attached hydrogens (primary N) is 1. The SMILES string of the molecule is NCCCCCN1CCCN(C(=O)C(F)(F)F)CC1. The highest BCUT2D eigenvalue weighted by molar-refractivity contribution is 5.81. The first kappa shape index (κ1) is 16.2. The normalized spacial score (nSPS) is 18.4. The summed E-state index contributed by atoms with van der Waals surface area (Å²) >= 11 is 0. The van der Waals surface area contributed by atoms with E-state index in [0.717, 1.165) is 37.3 Å². The Balaban J connectivity index is 2.33. The Kier molecular flexibility index (Phi) is 6.57. The predicted molar refractivity (Wildman–Crippen MR) is 66.6 cm³/mol. The first-order valence-electron chi connectivity index (χ1n) is 6.73. The van der Waals surface area contributed by atoms with Gasteiger partial charge in [0, 0.05) is 19.6 Å². The van der Waals surface area contributed by atoms with Crippen LogP contribution in [0.4, 0.5) is 13.2 Å². The highest BCUT2D eigenvalue weighted by Crippen LogP contribution is 2.19. The van der Waals surface area contributed by atoms with Gasteiger partial charge in [-0.3, -0.25) is 4.79 Å². The van der Waals surface area contributed by atoms with Crippen molar-refractivity contribution in [2.24, 2.45) is 5.73 Å². The van der Waals surface area contributed by atoms with Gasteiger partial charge in [-0.2, -0.15) is 13.2 Å². The molecule has 1 saturated heterocycles. The molecule has 112 valence electrons. The molecule has 0 radical (unpaired) electrons. The van der Waals surface area contributed by atoms with Crippen molar-refractivity contribution >= 4 is 5.91 Å². The van der Waals surface area contributed by atoms with Gasteiger partial charge in [0.1, 0.15) is 0 Å². The first-order chi connectivity index (χ1) is 8.95. The summed E-state index contributed by atoms with van der Waals surface area (Å²) < 4.78 is 37.0. The Hall–Kier alpha value is -0.820. The molecule has 1 aliphatic heterocycles. The third kappa shape index (κ3) is 5.78. The Morgan fingerprint density at radius 1 is 1.05 bits per heavy atom. The molecule has 1 amide bonds. The van der Waals surface area contributed by atoms with Crippen molar-refractivity contribution in [3.05, 3.63) is 0 Å². The Bertz CT molecular complexity index is 284. The zero-order chi connectivity index (χ0) is 14.3. The molecule has 1 heterocycles. The summed E-state index contributed by atoms with van der Waals surface area (Å²) in [6.45, 7) is 3.17. The number of amides is 1. The molecule has 4 nitrogen and oxygen atoms in total. The van der Waals surface area contributed by atoms with Crippen LogP contribution in [0.1, 0.15) is 25.7 Å². The summed E-state index contributed by atoms with van der Waals surface area (Å²) in [6.07, 6.45) is -1.13. The molecule has 1 fully saturated rings. The maximum absolute atomic E-state index is 12.3. The third-order valence-electron chi connectivity index (χ3n) is 3.30. The number of hydrogen-bond acceptors (Lipinski definition) is 3. The lowest BCUT2D eigenvalue weighted by Gasteiger charge is -2.22. The minimum Gasteiger partial charge on any atom is -0.334 e. The fraction of sp³-hybridized carbons (Fsp3) is 0.917. The maximum Gasteiger partial charge on any atom is 0.471 e. The molecule has 0 aromatic carbocycles. The molecule has 0 saturated carbocycles. The van der Waals surface area contributed by atoms with Crippen molar-refractivity contribution in [3.63, 3.8) is 0 Å². The predicted octanol–water partition coefficient (Wildman–Crippen LogP) is 1.21. The van der Waals surface area contributed by atoms with E-state index in [1.807, 2.05) is 0 Å². The van der Waals surface area contributed by atoms with Gasteiger partial charge in [-0.15, -0.1) is 0 Å². The van der Waals surface area contributed by atoms with E-state index < -0.39 is 12.1 Å². The lowest BCUT2D eigenvalue weighted by atomic mass is 10.2. The molecule has 1 aliphatic rings. The lowest BCUT2D eigenvalue weighted by molar-refractivity contribution is -0.185. The second-order valence-corrected chi connectivity index (χ2v) is 4.83. The summed E-state index contributed by atoms with van der Waals surface area (Å²) in [5.74, 6) is -1.71. The van der Waals surface area contributed by atoms with Crippen molar-refractivity contribution < 1.29 is 18.0 Å². The van der Waals surface area contributed by atoms with Gasteiger partial charge in [0.2, 0.25) is 0 Å². The highest BCUT2D eigenvalue weighted by atomic mass is 19.4. The third-order valence-corrected chi connectivity index (χ3v) is 3.30. The molecule has 0 aliphatic carbocycles. The zero-order valence-electron chi connectivity index (χ0n) is 11.1. The van der Waals surface area contributed by atoms with Crippen LogP contribution in [0.25, 0.3) is 0 Å². The quantitative estimate of drug-likeness (QED) is 0.771. The molecule has 2 N–H and O–H groups in total. The first-order valence-corrected chi connectivity index (χ1v) is 6.73. The Morgan fingerprint density at radius 2 is 1.79 bits per heavy atom. The molecule has 7 heteroatoms. The van der Waals surface area contributed by atoms with Gasteiger partial charge in [-0.25, -0.2) is 0 Å². The number of halogens is 3. The van der Waals surface area contributed by atoms with Crippen molar-refractivity contribution in [1.29, 1.82) is 0 Å². The smallest absolute Gasteiger partial charge is 0.334 e. The van der Waals surface area contributed by atoms with Gasteiger partial charge in [0.15, 0.2) is 0 Å². The zero-order valence-corrected chi connectivity index (χ0v) is 11.1. The minimum absolute atomic E-state index is 0.162. The van der Waals surface area contributed by atoms with E-state index >= 15 is 0 Å². The monoisotopic (exact) mass is 281 g/mol. The van der Waals surface area contributed by atoms with Crippen molar-refractivity contribution in [3.8, 4) is 0 Å². The molecule has 0 bridgehead atoms. The van der Waals surface area contributed by atoms with E-state index in [2.05, 4.69) is 4.90 Å². The van der Waals surface area contributed by atoms with E-state index in [1.54, 1.807) is 0 Å². The van der Waals surface area contributed by atoms with Gasteiger partial charge in [0.25, 0.3) is 0 Å². The van der Waals surface area contributed by atoms with Crippen molar-refractivity contribution in [1.82, 2.24) is 9.80 Å². The minimum atomic E-state index is -4.75. The summed E-state index contributed by atoms with van der Waals surface area (Å²) in [6, 6.07) is 0. The average molecular weight is 281 g/mol. The van der Waals surface area contributed by atoms with Gasteiger partial charge >= 0.3 is 12.1 Å². The number of carbonyl (C=O) groups is 1. The molecule has 0 aromatic heterocycles. The van der Waals surface area contributed by atoms with Crippen LogP contribution in [0.5, 0.6) is 0 Å². The lowest BCUT2D eigenvalue weighted by Crippen LogP contribution is -2.43. The van der Waals surface area contributed by atoms with Gasteiger partial charge in [0.05, 0.1) is 0 Å². The fourth-order valence-corrected chi connectivity index (χ4v) is 2.23. The molecule has 0 aromatic rings. The highest BCUT2D eigenvalue weighted by Gasteiger charge is 2.42. The van der Waals surface area contributed by atoms with E-state index in [0.29, 0.717) is 19.5 Å². The largest absolute Gasteiger partial charge is 0.471 e. The number of nitrogens with zero attached hydrogens (tertiary/aromatic N) is 2. The van der Waals surface area contributed by atoms with Gasteiger partial charge < -0.3 is 15.5 Å². The van der Waals surface area contributed by atoms with Crippen LogP contribution in [-0.4, -0.2) is 61.2 Å². The van der Waals surface area contributed by atoms with Gasteiger partial charge in [-0.05, 0) is 38.9 Å². The van der Waals surface area contributed by atoms with E-state index in [1.165, 1.54) is 0 Å². The summed E-state index contributed by atoms with van der Waals surface area (Å²) in [5.41, 5.74) is 5.40. The number of carbonyl (C=O) groups excluding carboxylic acids is 1. The molecule has 1 rings (SSSR count). The topological polar surface area (TPSA) is 49.6 Å². The fourth-order valence-electron chi connectivity index (χ4n) is 2.23. The Morgan fingerprint density at radius 3 is 2.42 bits per heavy atom. The van der Waals surface area contributed by atoms with Crippen LogP contribution in [0.15, 0.2) is 0 Å².